The van der Waals surface area contributed by atoms with Gasteiger partial charge in [-0.3, -0.25) is 14.9 Å². The van der Waals surface area contributed by atoms with Crippen LogP contribution >= 0.6 is 0 Å². The fraction of sp³-hybridized carbons (Fsp3) is 0.188. The van der Waals surface area contributed by atoms with E-state index in [1.807, 2.05) is 19.1 Å². The van der Waals surface area contributed by atoms with E-state index in [-0.39, 0.29) is 18.1 Å². The number of hydrogen-bond acceptors (Lipinski definition) is 4. The van der Waals surface area contributed by atoms with Gasteiger partial charge in [-0.1, -0.05) is 23.8 Å². The Kier molecular flexibility index (Phi) is 4.33. The van der Waals surface area contributed by atoms with Gasteiger partial charge in [0, 0.05) is 17.7 Å². The maximum absolute atomic E-state index is 12.0. The van der Waals surface area contributed by atoms with Gasteiger partial charge < -0.3 is 4.74 Å². The van der Waals surface area contributed by atoms with Gasteiger partial charge in [0.1, 0.15) is 5.75 Å². The molecule has 0 atom stereocenters. The molecule has 2 rings (SSSR count). The molecule has 5 nitrogen and oxygen atoms in total. The Labute approximate surface area is 122 Å². The number of ether oxygens (including phenoxy) is 1. The zero-order chi connectivity index (χ0) is 15.4. The van der Waals surface area contributed by atoms with Crippen LogP contribution in [0.15, 0.2) is 42.5 Å². The fourth-order valence-electron chi connectivity index (χ4n) is 1.95. The Morgan fingerprint density at radius 1 is 1.19 bits per heavy atom. The van der Waals surface area contributed by atoms with Crippen molar-refractivity contribution >= 4 is 11.5 Å². The number of nitrogens with zero attached hydrogens (tertiary/aromatic N) is 1. The largest absolute Gasteiger partial charge is 0.485 e. The van der Waals surface area contributed by atoms with Crippen LogP contribution < -0.4 is 4.74 Å². The fourth-order valence-corrected chi connectivity index (χ4v) is 1.95. The van der Waals surface area contributed by atoms with Crippen LogP contribution in [0.5, 0.6) is 5.75 Å². The lowest BCUT2D eigenvalue weighted by molar-refractivity contribution is -0.384. The van der Waals surface area contributed by atoms with Crippen molar-refractivity contribution in [2.45, 2.75) is 13.8 Å². The molecule has 0 aromatic heterocycles. The average molecular weight is 285 g/mol. The molecule has 0 aliphatic carbocycles. The number of nitro groups is 1. The smallest absolute Gasteiger partial charge is 0.269 e. The third kappa shape index (κ3) is 3.66. The molecule has 5 heteroatoms. The van der Waals surface area contributed by atoms with E-state index >= 15 is 0 Å². The number of ketones is 1. The highest BCUT2D eigenvalue weighted by atomic mass is 16.6. The van der Waals surface area contributed by atoms with Crippen LogP contribution in [0.1, 0.15) is 21.5 Å². The summed E-state index contributed by atoms with van der Waals surface area (Å²) in [5, 5.41) is 10.7. The molecule has 0 amide bonds. The Hall–Kier alpha value is -2.69. The molecule has 0 aliphatic rings. The molecular formula is C16H15NO4. The number of rotatable bonds is 5. The summed E-state index contributed by atoms with van der Waals surface area (Å²) in [5.74, 6) is 0.345. The first-order valence-corrected chi connectivity index (χ1v) is 6.45. The van der Waals surface area contributed by atoms with E-state index in [4.69, 9.17) is 4.74 Å². The van der Waals surface area contributed by atoms with Crippen molar-refractivity contribution in [3.8, 4) is 5.75 Å². The van der Waals surface area contributed by atoms with E-state index in [1.165, 1.54) is 18.2 Å². The lowest BCUT2D eigenvalue weighted by Crippen LogP contribution is -2.12. The van der Waals surface area contributed by atoms with Crippen LogP contribution in [0.4, 0.5) is 5.69 Å². The lowest BCUT2D eigenvalue weighted by Gasteiger charge is -2.08. The maximum atomic E-state index is 12.0. The SMILES string of the molecule is Cc1cccc(C(=O)COc2ccc([N+](=O)[O-])cc2C)c1. The first kappa shape index (κ1) is 14.7. The molecular weight excluding hydrogens is 270 g/mol. The van der Waals surface area contributed by atoms with E-state index < -0.39 is 4.92 Å². The van der Waals surface area contributed by atoms with Gasteiger partial charge in [-0.25, -0.2) is 0 Å². The van der Waals surface area contributed by atoms with Gasteiger partial charge in [0.05, 0.1) is 4.92 Å². The van der Waals surface area contributed by atoms with Gasteiger partial charge in [-0.2, -0.15) is 0 Å². The normalized spacial score (nSPS) is 10.2. The van der Waals surface area contributed by atoms with E-state index in [1.54, 1.807) is 19.1 Å². The summed E-state index contributed by atoms with van der Waals surface area (Å²) in [4.78, 5) is 22.2. The van der Waals surface area contributed by atoms with E-state index in [0.717, 1.165) is 5.56 Å². The number of Topliss-reactive ketones (excluding diaryl/α,β-unsaturated/α-hetero) is 1. The summed E-state index contributed by atoms with van der Waals surface area (Å²) >= 11 is 0. The third-order valence-electron chi connectivity index (χ3n) is 3.07. The second kappa shape index (κ2) is 6.17. The van der Waals surface area contributed by atoms with Gasteiger partial charge in [-0.05, 0) is 31.5 Å². The van der Waals surface area contributed by atoms with Gasteiger partial charge >= 0.3 is 0 Å². The van der Waals surface area contributed by atoms with E-state index in [9.17, 15) is 14.9 Å². The Morgan fingerprint density at radius 2 is 1.95 bits per heavy atom. The van der Waals surface area contributed by atoms with Crippen LogP contribution in [0.2, 0.25) is 0 Å². The van der Waals surface area contributed by atoms with Gasteiger partial charge in [-0.15, -0.1) is 0 Å². The first-order chi connectivity index (χ1) is 9.97. The summed E-state index contributed by atoms with van der Waals surface area (Å²) in [5.41, 5.74) is 2.23. The monoisotopic (exact) mass is 285 g/mol. The Morgan fingerprint density at radius 3 is 2.57 bits per heavy atom. The van der Waals surface area contributed by atoms with Gasteiger partial charge in [0.15, 0.2) is 12.4 Å². The number of carbonyl (C=O) groups is 1. The van der Waals surface area contributed by atoms with Crippen LogP contribution in [0, 0.1) is 24.0 Å². The molecule has 0 spiro atoms. The van der Waals surface area contributed by atoms with Gasteiger partial charge in [0.2, 0.25) is 0 Å². The minimum atomic E-state index is -0.464. The highest BCUT2D eigenvalue weighted by Gasteiger charge is 2.11. The predicted molar refractivity (Wildman–Crippen MR) is 78.8 cm³/mol. The minimum absolute atomic E-state index is 0.00450. The molecule has 0 unspecified atom stereocenters. The van der Waals surface area contributed by atoms with Gasteiger partial charge in [0.25, 0.3) is 5.69 Å². The number of aryl methyl sites for hydroxylation is 2. The molecule has 2 aromatic rings. The van der Waals surface area contributed by atoms with Crippen LogP contribution in [0.3, 0.4) is 0 Å². The van der Waals surface area contributed by atoms with Crippen LogP contribution in [-0.2, 0) is 0 Å². The molecule has 0 saturated heterocycles. The van der Waals surface area contributed by atoms with Crippen molar-refractivity contribution in [3.63, 3.8) is 0 Å². The summed E-state index contributed by atoms with van der Waals surface area (Å²) in [6, 6.07) is 11.6. The van der Waals surface area contributed by atoms with E-state index in [2.05, 4.69) is 0 Å². The summed E-state index contributed by atoms with van der Waals surface area (Å²) in [7, 11) is 0. The molecule has 21 heavy (non-hydrogen) atoms. The predicted octanol–water partition coefficient (Wildman–Crippen LogP) is 3.47. The second-order valence-electron chi connectivity index (χ2n) is 4.79. The number of nitro benzene ring substituents is 1. The molecule has 108 valence electrons. The topological polar surface area (TPSA) is 69.4 Å². The number of benzene rings is 2. The third-order valence-corrected chi connectivity index (χ3v) is 3.07. The van der Waals surface area contributed by atoms with Crippen molar-refractivity contribution in [1.82, 2.24) is 0 Å². The molecule has 0 N–H and O–H groups in total. The highest BCUT2D eigenvalue weighted by molar-refractivity contribution is 5.97. The Balaban J connectivity index is 2.06. The second-order valence-corrected chi connectivity index (χ2v) is 4.79. The standard InChI is InChI=1S/C16H15NO4/c1-11-4-3-5-13(8-11)15(18)10-21-16-7-6-14(17(19)20)9-12(16)2/h3-9H,10H2,1-2H3. The van der Waals surface area contributed by atoms with Crippen molar-refractivity contribution in [2.24, 2.45) is 0 Å². The molecule has 0 aliphatic heterocycles. The van der Waals surface area contributed by atoms with Crippen molar-refractivity contribution < 1.29 is 14.5 Å². The summed E-state index contributed by atoms with van der Waals surface area (Å²) < 4.78 is 5.46. The molecule has 0 heterocycles. The van der Waals surface area contributed by atoms with Crippen LogP contribution in [0.25, 0.3) is 0 Å². The molecule has 0 fully saturated rings. The van der Waals surface area contributed by atoms with Crippen molar-refractivity contribution in [1.29, 1.82) is 0 Å². The zero-order valence-electron chi connectivity index (χ0n) is 11.8. The molecule has 0 bridgehead atoms. The summed E-state index contributed by atoms with van der Waals surface area (Å²) in [6.07, 6.45) is 0. The lowest BCUT2D eigenvalue weighted by atomic mass is 10.1. The van der Waals surface area contributed by atoms with Crippen molar-refractivity contribution in [3.05, 3.63) is 69.3 Å². The number of carbonyl (C=O) groups excluding carboxylic acids is 1. The molecule has 0 saturated carbocycles. The summed E-state index contributed by atoms with van der Waals surface area (Å²) in [6.45, 7) is 3.53. The van der Waals surface area contributed by atoms with E-state index in [0.29, 0.717) is 16.9 Å². The zero-order valence-corrected chi connectivity index (χ0v) is 11.8. The Bertz CT molecular complexity index is 694. The number of hydrogen-bond donors (Lipinski definition) is 0. The quantitative estimate of drug-likeness (QED) is 0.479. The molecule has 0 radical (unpaired) electrons. The average Bonchev–Trinajstić information content (AvgIpc) is 2.45. The van der Waals surface area contributed by atoms with Crippen molar-refractivity contribution in [2.75, 3.05) is 6.61 Å². The van der Waals surface area contributed by atoms with Crippen LogP contribution in [-0.4, -0.2) is 17.3 Å². The highest BCUT2D eigenvalue weighted by Crippen LogP contribution is 2.23. The maximum Gasteiger partial charge on any atom is 0.269 e. The minimum Gasteiger partial charge on any atom is -0.485 e. The first-order valence-electron chi connectivity index (χ1n) is 6.45. The number of non-ortho nitro benzene ring substituents is 1. The molecule has 2 aromatic carbocycles.